The lowest BCUT2D eigenvalue weighted by molar-refractivity contribution is -0.384. The number of aryl methyl sites for hydroxylation is 1. The van der Waals surface area contributed by atoms with E-state index in [4.69, 9.17) is 4.42 Å². The van der Waals surface area contributed by atoms with Crippen LogP contribution in [0.1, 0.15) is 28.6 Å². The van der Waals surface area contributed by atoms with Crippen LogP contribution in [0.25, 0.3) is 11.3 Å². The predicted molar refractivity (Wildman–Crippen MR) is 111 cm³/mol. The number of nitrogens with zero attached hydrogens (tertiary/aromatic N) is 2. The van der Waals surface area contributed by atoms with Crippen molar-refractivity contribution in [2.24, 2.45) is 5.10 Å². The summed E-state index contributed by atoms with van der Waals surface area (Å²) in [5.41, 5.74) is 4.81. The monoisotopic (exact) mass is 406 g/mol. The average molecular weight is 406 g/mol. The lowest BCUT2D eigenvalue weighted by Crippen LogP contribution is -2.17. The molecule has 3 aromatic rings. The molecule has 30 heavy (non-hydrogen) atoms. The molecule has 2 N–H and O–H groups in total. The topological polar surface area (TPSA) is 127 Å². The molecule has 0 saturated heterocycles. The summed E-state index contributed by atoms with van der Waals surface area (Å²) < 4.78 is 5.68. The van der Waals surface area contributed by atoms with E-state index >= 15 is 0 Å². The van der Waals surface area contributed by atoms with Gasteiger partial charge in [-0.15, -0.1) is 0 Å². The molecule has 0 aliphatic rings. The maximum atomic E-state index is 12.1. The van der Waals surface area contributed by atoms with E-state index in [0.29, 0.717) is 28.3 Å². The number of hydrazone groups is 1. The van der Waals surface area contributed by atoms with E-state index in [1.54, 1.807) is 49.4 Å². The molecule has 0 bridgehead atoms. The molecular formula is C21H18N4O5. The number of hydrogen-bond donors (Lipinski definition) is 2. The summed E-state index contributed by atoms with van der Waals surface area (Å²) in [6.45, 7) is 3.16. The van der Waals surface area contributed by atoms with Crippen LogP contribution >= 0.6 is 0 Å². The van der Waals surface area contributed by atoms with Crippen LogP contribution in [0.3, 0.4) is 0 Å². The van der Waals surface area contributed by atoms with Crippen LogP contribution in [0.4, 0.5) is 11.4 Å². The summed E-state index contributed by atoms with van der Waals surface area (Å²) in [7, 11) is 0. The zero-order valence-electron chi connectivity index (χ0n) is 16.2. The molecule has 3 rings (SSSR count). The number of anilines is 1. The standard InChI is InChI=1S/C21H18N4O5/c1-13-11-17(25(28)29)7-9-19(13)20-10-8-18(30-20)12-22-24-21(27)15-3-5-16(6-4-15)23-14(2)26/h3-12H,1-2H3,(H,23,26)(H,24,27)/b22-12-. The summed E-state index contributed by atoms with van der Waals surface area (Å²) in [6, 6.07) is 14.3. The highest BCUT2D eigenvalue weighted by atomic mass is 16.6. The first kappa shape index (κ1) is 20.5. The quantitative estimate of drug-likeness (QED) is 0.365. The lowest BCUT2D eigenvalue weighted by Gasteiger charge is -2.03. The fraction of sp³-hybridized carbons (Fsp3) is 0.0952. The van der Waals surface area contributed by atoms with Crippen molar-refractivity contribution in [1.82, 2.24) is 5.43 Å². The summed E-state index contributed by atoms with van der Waals surface area (Å²) >= 11 is 0. The van der Waals surface area contributed by atoms with Crippen molar-refractivity contribution >= 4 is 29.4 Å². The Morgan fingerprint density at radius 1 is 1.10 bits per heavy atom. The lowest BCUT2D eigenvalue weighted by atomic mass is 10.1. The van der Waals surface area contributed by atoms with Gasteiger partial charge in [0, 0.05) is 35.9 Å². The molecular weight excluding hydrogens is 388 g/mol. The van der Waals surface area contributed by atoms with Gasteiger partial charge in [-0.1, -0.05) is 0 Å². The third kappa shape index (κ3) is 4.96. The number of nitrogens with one attached hydrogen (secondary N) is 2. The van der Waals surface area contributed by atoms with Crippen LogP contribution in [0, 0.1) is 17.0 Å². The normalized spacial score (nSPS) is 10.7. The predicted octanol–water partition coefficient (Wildman–Crippen LogP) is 3.89. The van der Waals surface area contributed by atoms with Gasteiger partial charge in [0.25, 0.3) is 11.6 Å². The van der Waals surface area contributed by atoms with Gasteiger partial charge >= 0.3 is 0 Å². The number of nitro benzene ring substituents is 1. The Morgan fingerprint density at radius 3 is 2.47 bits per heavy atom. The highest BCUT2D eigenvalue weighted by Gasteiger charge is 2.12. The fourth-order valence-electron chi connectivity index (χ4n) is 2.73. The number of furan rings is 1. The van der Waals surface area contributed by atoms with Crippen molar-refractivity contribution in [3.63, 3.8) is 0 Å². The van der Waals surface area contributed by atoms with E-state index in [9.17, 15) is 19.7 Å². The average Bonchev–Trinajstić information content (AvgIpc) is 3.16. The Labute approximate surface area is 171 Å². The molecule has 9 heteroatoms. The molecule has 0 atom stereocenters. The number of non-ortho nitro benzene ring substituents is 1. The van der Waals surface area contributed by atoms with Crippen molar-refractivity contribution in [3.05, 3.63) is 81.6 Å². The molecule has 0 spiro atoms. The molecule has 0 radical (unpaired) electrons. The van der Waals surface area contributed by atoms with Gasteiger partial charge in [-0.05, 0) is 55.0 Å². The highest BCUT2D eigenvalue weighted by molar-refractivity contribution is 5.96. The van der Waals surface area contributed by atoms with E-state index in [1.807, 2.05) is 0 Å². The van der Waals surface area contributed by atoms with Crippen molar-refractivity contribution < 1.29 is 18.9 Å². The SMILES string of the molecule is CC(=O)Nc1ccc(C(=O)N/N=C\c2ccc(-c3ccc([N+](=O)[O-])cc3C)o2)cc1. The maximum Gasteiger partial charge on any atom is 0.271 e. The molecule has 0 aliphatic heterocycles. The van der Waals surface area contributed by atoms with Gasteiger partial charge < -0.3 is 9.73 Å². The van der Waals surface area contributed by atoms with Gasteiger partial charge in [-0.2, -0.15) is 5.10 Å². The van der Waals surface area contributed by atoms with Gasteiger partial charge in [-0.25, -0.2) is 5.43 Å². The van der Waals surface area contributed by atoms with Crippen LogP contribution in [0.5, 0.6) is 0 Å². The highest BCUT2D eigenvalue weighted by Crippen LogP contribution is 2.28. The third-order valence-corrected chi connectivity index (χ3v) is 4.14. The van der Waals surface area contributed by atoms with Crippen LogP contribution in [0.2, 0.25) is 0 Å². The molecule has 0 saturated carbocycles. The molecule has 0 aliphatic carbocycles. The fourth-order valence-corrected chi connectivity index (χ4v) is 2.73. The van der Waals surface area contributed by atoms with Crippen LogP contribution in [-0.2, 0) is 4.79 Å². The number of hydrogen-bond acceptors (Lipinski definition) is 6. The minimum Gasteiger partial charge on any atom is -0.455 e. The van der Waals surface area contributed by atoms with Gasteiger partial charge in [0.2, 0.25) is 5.91 Å². The molecule has 152 valence electrons. The Bertz CT molecular complexity index is 1130. The Kier molecular flexibility index (Phi) is 6.02. The van der Waals surface area contributed by atoms with E-state index in [1.165, 1.54) is 25.3 Å². The second-order valence-corrected chi connectivity index (χ2v) is 6.42. The Balaban J connectivity index is 1.64. The van der Waals surface area contributed by atoms with Gasteiger partial charge in [0.05, 0.1) is 11.1 Å². The zero-order valence-corrected chi connectivity index (χ0v) is 16.2. The zero-order chi connectivity index (χ0) is 21.7. The van der Waals surface area contributed by atoms with Crippen molar-refractivity contribution in [2.45, 2.75) is 13.8 Å². The van der Waals surface area contributed by atoms with E-state index in [2.05, 4.69) is 15.8 Å². The largest absolute Gasteiger partial charge is 0.455 e. The smallest absolute Gasteiger partial charge is 0.271 e. The minimum absolute atomic E-state index is 0.0115. The summed E-state index contributed by atoms with van der Waals surface area (Å²) in [5.74, 6) is 0.324. The van der Waals surface area contributed by atoms with Crippen LogP contribution in [0.15, 0.2) is 64.1 Å². The number of benzene rings is 2. The number of carbonyl (C=O) groups excluding carboxylic acids is 2. The van der Waals surface area contributed by atoms with Gasteiger partial charge in [0.1, 0.15) is 11.5 Å². The number of carbonyl (C=O) groups is 2. The number of nitro groups is 1. The molecule has 9 nitrogen and oxygen atoms in total. The number of amides is 2. The third-order valence-electron chi connectivity index (χ3n) is 4.14. The molecule has 0 unspecified atom stereocenters. The number of rotatable bonds is 6. The molecule has 1 heterocycles. The summed E-state index contributed by atoms with van der Waals surface area (Å²) in [5, 5.41) is 17.3. The van der Waals surface area contributed by atoms with Gasteiger partial charge in [-0.3, -0.25) is 19.7 Å². The molecule has 0 fully saturated rings. The Morgan fingerprint density at radius 2 is 1.83 bits per heavy atom. The summed E-state index contributed by atoms with van der Waals surface area (Å²) in [6.07, 6.45) is 1.35. The first-order chi connectivity index (χ1) is 14.3. The molecule has 1 aromatic heterocycles. The van der Waals surface area contributed by atoms with Crippen molar-refractivity contribution in [3.8, 4) is 11.3 Å². The maximum absolute atomic E-state index is 12.1. The van der Waals surface area contributed by atoms with E-state index in [-0.39, 0.29) is 11.6 Å². The first-order valence-corrected chi connectivity index (χ1v) is 8.90. The first-order valence-electron chi connectivity index (χ1n) is 8.90. The van der Waals surface area contributed by atoms with Gasteiger partial charge in [0.15, 0.2) is 0 Å². The molecule has 2 amide bonds. The van der Waals surface area contributed by atoms with Crippen LogP contribution in [-0.4, -0.2) is 23.0 Å². The second-order valence-electron chi connectivity index (χ2n) is 6.42. The van der Waals surface area contributed by atoms with Crippen molar-refractivity contribution in [2.75, 3.05) is 5.32 Å². The van der Waals surface area contributed by atoms with E-state index in [0.717, 1.165) is 5.56 Å². The van der Waals surface area contributed by atoms with E-state index < -0.39 is 10.8 Å². The molecule has 2 aromatic carbocycles. The van der Waals surface area contributed by atoms with Crippen LogP contribution < -0.4 is 10.7 Å². The Hall–Kier alpha value is -4.27. The summed E-state index contributed by atoms with van der Waals surface area (Å²) in [4.78, 5) is 33.5. The second kappa shape index (κ2) is 8.82. The minimum atomic E-state index is -0.451. The van der Waals surface area contributed by atoms with Crippen molar-refractivity contribution in [1.29, 1.82) is 0 Å².